The molecule has 1 aromatic carbocycles. The number of H-pyrrole nitrogens is 1. The van der Waals surface area contributed by atoms with Crippen LogP contribution in [-0.4, -0.2) is 54.5 Å². The van der Waals surface area contributed by atoms with E-state index in [1.165, 1.54) is 0 Å². The molecule has 1 saturated heterocycles. The molecule has 0 amide bonds. The summed E-state index contributed by atoms with van der Waals surface area (Å²) in [5.74, 6) is -0.429. The number of morpholine rings is 1. The van der Waals surface area contributed by atoms with Gasteiger partial charge in [-0.2, -0.15) is 0 Å². The summed E-state index contributed by atoms with van der Waals surface area (Å²) in [4.78, 5) is 30.2. The molecule has 2 aromatic rings. The van der Waals surface area contributed by atoms with Crippen molar-refractivity contribution >= 4 is 27.7 Å². The van der Waals surface area contributed by atoms with E-state index in [4.69, 9.17) is 9.47 Å². The Labute approximate surface area is 173 Å². The first-order chi connectivity index (χ1) is 13.4. The summed E-state index contributed by atoms with van der Waals surface area (Å²) in [7, 11) is 0. The largest absolute Gasteiger partial charge is 0.461 e. The highest BCUT2D eigenvalue weighted by Crippen LogP contribution is 2.25. The van der Waals surface area contributed by atoms with Crippen LogP contribution in [-0.2, 0) is 9.47 Å². The maximum atomic E-state index is 13.0. The third-order valence-electron chi connectivity index (χ3n) is 4.96. The van der Waals surface area contributed by atoms with Gasteiger partial charge < -0.3 is 14.5 Å². The molecular formula is C21H25BrN2O4. The van der Waals surface area contributed by atoms with Crippen molar-refractivity contribution < 1.29 is 19.1 Å². The molecule has 1 atom stereocenters. The normalized spacial score (nSPS) is 17.5. The first kappa shape index (κ1) is 20.8. The summed E-state index contributed by atoms with van der Waals surface area (Å²) in [6, 6.07) is 8.05. The zero-order valence-corrected chi connectivity index (χ0v) is 18.0. The number of ether oxygens (including phenoxy) is 2. The van der Waals surface area contributed by atoms with E-state index in [-0.39, 0.29) is 18.4 Å². The minimum Gasteiger partial charge on any atom is -0.461 e. The molecule has 28 heavy (non-hydrogen) atoms. The predicted octanol–water partition coefficient (Wildman–Crippen LogP) is 3.83. The van der Waals surface area contributed by atoms with Crippen LogP contribution >= 0.6 is 15.9 Å². The van der Waals surface area contributed by atoms with E-state index in [0.717, 1.165) is 10.0 Å². The first-order valence-corrected chi connectivity index (χ1v) is 10.2. The second-order valence-electron chi connectivity index (χ2n) is 6.91. The van der Waals surface area contributed by atoms with Crippen LogP contribution in [0.4, 0.5) is 0 Å². The van der Waals surface area contributed by atoms with E-state index in [1.807, 2.05) is 31.2 Å². The quantitative estimate of drug-likeness (QED) is 0.536. The number of hydrogen-bond acceptors (Lipinski definition) is 5. The van der Waals surface area contributed by atoms with Gasteiger partial charge in [0, 0.05) is 28.8 Å². The number of hydrogen-bond donors (Lipinski definition) is 1. The van der Waals surface area contributed by atoms with Crippen LogP contribution in [0.5, 0.6) is 0 Å². The lowest BCUT2D eigenvalue weighted by atomic mass is 10.0. The molecule has 150 valence electrons. The molecule has 0 radical (unpaired) electrons. The third-order valence-corrected chi connectivity index (χ3v) is 5.48. The van der Waals surface area contributed by atoms with E-state index in [1.54, 1.807) is 13.8 Å². The summed E-state index contributed by atoms with van der Waals surface area (Å²) in [5.41, 5.74) is 3.38. The van der Waals surface area contributed by atoms with Gasteiger partial charge in [0.15, 0.2) is 5.78 Å². The van der Waals surface area contributed by atoms with Crippen molar-refractivity contribution in [2.75, 3.05) is 32.8 Å². The number of rotatable bonds is 6. The Morgan fingerprint density at radius 3 is 2.68 bits per heavy atom. The Morgan fingerprint density at radius 1 is 1.29 bits per heavy atom. The smallest absolute Gasteiger partial charge is 0.355 e. The van der Waals surface area contributed by atoms with Gasteiger partial charge in [0.1, 0.15) is 5.69 Å². The number of esters is 1. The molecule has 0 aliphatic carbocycles. The van der Waals surface area contributed by atoms with Gasteiger partial charge in [-0.1, -0.05) is 28.1 Å². The molecule has 3 rings (SSSR count). The zero-order chi connectivity index (χ0) is 20.3. The topological polar surface area (TPSA) is 71.6 Å². The van der Waals surface area contributed by atoms with Crippen LogP contribution in [0.2, 0.25) is 0 Å². The molecule has 1 aliphatic heterocycles. The van der Waals surface area contributed by atoms with Crippen molar-refractivity contribution in [3.63, 3.8) is 0 Å². The highest BCUT2D eigenvalue weighted by atomic mass is 79.9. The highest BCUT2D eigenvalue weighted by Gasteiger charge is 2.27. The van der Waals surface area contributed by atoms with E-state index >= 15 is 0 Å². The molecule has 1 aromatic heterocycles. The molecule has 2 heterocycles. The van der Waals surface area contributed by atoms with Gasteiger partial charge in [-0.15, -0.1) is 0 Å². The number of nitrogens with one attached hydrogen (secondary N) is 1. The molecule has 1 unspecified atom stereocenters. The number of carbonyl (C=O) groups excluding carboxylic acids is 2. The Bertz CT molecular complexity index is 860. The number of ketones is 1. The molecule has 1 aliphatic rings. The monoisotopic (exact) mass is 448 g/mol. The molecule has 6 nitrogen and oxygen atoms in total. The van der Waals surface area contributed by atoms with Gasteiger partial charge in [0.05, 0.1) is 25.9 Å². The summed E-state index contributed by atoms with van der Waals surface area (Å²) >= 11 is 3.44. The lowest BCUT2D eigenvalue weighted by Crippen LogP contribution is -2.41. The average molecular weight is 449 g/mol. The number of carbonyl (C=O) groups is 2. The van der Waals surface area contributed by atoms with Crippen molar-refractivity contribution in [1.82, 2.24) is 9.88 Å². The number of nitrogens with zero attached hydrogens (tertiary/aromatic N) is 1. The minimum atomic E-state index is -0.427. The van der Waals surface area contributed by atoms with E-state index in [0.29, 0.717) is 48.8 Å². The van der Waals surface area contributed by atoms with Gasteiger partial charge in [-0.05, 0) is 44.0 Å². The number of halogens is 1. The molecule has 1 fully saturated rings. The first-order valence-electron chi connectivity index (χ1n) is 9.39. The Hall–Kier alpha value is -1.96. The SMILES string of the molecule is CCOC(=O)c1[nH]c(C)c(C(=O)CN2CCOC(c3ccc(Br)cc3)C2)c1C. The summed E-state index contributed by atoms with van der Waals surface area (Å²) in [5, 5.41) is 0. The lowest BCUT2D eigenvalue weighted by molar-refractivity contribution is -0.0275. The lowest BCUT2D eigenvalue weighted by Gasteiger charge is -2.32. The number of Topliss-reactive ketones (excluding diaryl/α,β-unsaturated/α-hetero) is 1. The van der Waals surface area contributed by atoms with Crippen LogP contribution in [0.15, 0.2) is 28.7 Å². The minimum absolute atomic E-state index is 0.00162. The number of aromatic amines is 1. The molecule has 0 spiro atoms. The van der Waals surface area contributed by atoms with Gasteiger partial charge in [0.25, 0.3) is 0 Å². The fraction of sp³-hybridized carbons (Fsp3) is 0.429. The number of aromatic nitrogens is 1. The summed E-state index contributed by atoms with van der Waals surface area (Å²) in [6.07, 6.45) is -0.0573. The molecule has 0 bridgehead atoms. The standard InChI is InChI=1S/C21H25BrN2O4/c1-4-27-21(26)20-13(2)19(14(3)23-20)17(25)11-24-9-10-28-18(12-24)15-5-7-16(22)8-6-15/h5-8,18,23H,4,9-12H2,1-3H3. The van der Waals surface area contributed by atoms with Crippen molar-refractivity contribution in [2.45, 2.75) is 26.9 Å². The van der Waals surface area contributed by atoms with Crippen LogP contribution in [0, 0.1) is 13.8 Å². The fourth-order valence-corrected chi connectivity index (χ4v) is 3.85. The van der Waals surface area contributed by atoms with Crippen molar-refractivity contribution in [3.05, 3.63) is 56.8 Å². The molecule has 7 heteroatoms. The van der Waals surface area contributed by atoms with E-state index in [9.17, 15) is 9.59 Å². The van der Waals surface area contributed by atoms with Gasteiger partial charge >= 0.3 is 5.97 Å². The predicted molar refractivity (Wildman–Crippen MR) is 110 cm³/mol. The maximum Gasteiger partial charge on any atom is 0.355 e. The molecular weight excluding hydrogens is 424 g/mol. The second-order valence-corrected chi connectivity index (χ2v) is 7.83. The van der Waals surface area contributed by atoms with Crippen molar-refractivity contribution in [2.24, 2.45) is 0 Å². The number of aryl methyl sites for hydroxylation is 1. The molecule has 0 saturated carbocycles. The van der Waals surface area contributed by atoms with Crippen LogP contribution in [0.25, 0.3) is 0 Å². The Morgan fingerprint density at radius 2 is 2.00 bits per heavy atom. The fourth-order valence-electron chi connectivity index (χ4n) is 3.58. The van der Waals surface area contributed by atoms with E-state index < -0.39 is 5.97 Å². The maximum absolute atomic E-state index is 13.0. The summed E-state index contributed by atoms with van der Waals surface area (Å²) < 4.78 is 12.0. The molecule has 1 N–H and O–H groups in total. The second kappa shape index (κ2) is 9.03. The average Bonchev–Trinajstić information content (AvgIpc) is 2.97. The van der Waals surface area contributed by atoms with Crippen molar-refractivity contribution in [1.29, 1.82) is 0 Å². The van der Waals surface area contributed by atoms with Crippen LogP contribution in [0.3, 0.4) is 0 Å². The van der Waals surface area contributed by atoms with Gasteiger partial charge in [0.2, 0.25) is 0 Å². The third kappa shape index (κ3) is 4.54. The van der Waals surface area contributed by atoms with Crippen molar-refractivity contribution in [3.8, 4) is 0 Å². The number of benzene rings is 1. The Balaban J connectivity index is 1.70. The van der Waals surface area contributed by atoms with Gasteiger partial charge in [-0.3, -0.25) is 9.69 Å². The highest BCUT2D eigenvalue weighted by molar-refractivity contribution is 9.10. The van der Waals surface area contributed by atoms with Gasteiger partial charge in [-0.25, -0.2) is 4.79 Å². The van der Waals surface area contributed by atoms with Crippen LogP contribution < -0.4 is 0 Å². The zero-order valence-electron chi connectivity index (χ0n) is 16.4. The Kier molecular flexibility index (Phi) is 6.69. The van der Waals surface area contributed by atoms with E-state index in [2.05, 4.69) is 25.8 Å². The van der Waals surface area contributed by atoms with Crippen LogP contribution in [0.1, 0.15) is 50.7 Å². The summed E-state index contributed by atoms with van der Waals surface area (Å²) in [6.45, 7) is 7.87.